The van der Waals surface area contributed by atoms with Gasteiger partial charge in [0, 0.05) is 0 Å². The van der Waals surface area contributed by atoms with E-state index in [2.05, 4.69) is 39.0 Å². The fraction of sp³-hybridized carbons (Fsp3) is 0.636. The van der Waals surface area contributed by atoms with Crippen molar-refractivity contribution >= 4 is 0 Å². The molecule has 0 aromatic rings. The predicted octanol–water partition coefficient (Wildman–Crippen LogP) is 4.09. The van der Waals surface area contributed by atoms with Crippen molar-refractivity contribution in [3.05, 3.63) is 23.8 Å². The monoisotopic (exact) mass is 152 g/mol. The van der Waals surface area contributed by atoms with Gasteiger partial charge < -0.3 is 0 Å². The topological polar surface area (TPSA) is 0 Å². The molecule has 0 rings (SSSR count). The number of hydrogen-bond acceptors (Lipinski definition) is 0. The van der Waals surface area contributed by atoms with Gasteiger partial charge in [0.2, 0.25) is 0 Å². The Morgan fingerprint density at radius 1 is 1.27 bits per heavy atom. The van der Waals surface area contributed by atoms with E-state index in [4.69, 9.17) is 0 Å². The van der Waals surface area contributed by atoms with Crippen molar-refractivity contribution in [2.75, 3.05) is 0 Å². The molecule has 0 spiro atoms. The lowest BCUT2D eigenvalue weighted by Crippen LogP contribution is -1.73. The van der Waals surface area contributed by atoms with E-state index in [-0.39, 0.29) is 0 Å². The van der Waals surface area contributed by atoms with Gasteiger partial charge in [0.15, 0.2) is 0 Å². The maximum absolute atomic E-state index is 2.28. The van der Waals surface area contributed by atoms with Crippen molar-refractivity contribution in [1.29, 1.82) is 0 Å². The van der Waals surface area contributed by atoms with Gasteiger partial charge in [0.05, 0.1) is 0 Å². The molecule has 0 atom stereocenters. The van der Waals surface area contributed by atoms with Gasteiger partial charge in [-0.05, 0) is 19.8 Å². The summed E-state index contributed by atoms with van der Waals surface area (Å²) in [5, 5.41) is 0. The first kappa shape index (κ1) is 10.5. The van der Waals surface area contributed by atoms with Crippen LogP contribution in [0.25, 0.3) is 0 Å². The van der Waals surface area contributed by atoms with Gasteiger partial charge in [0.1, 0.15) is 0 Å². The summed E-state index contributed by atoms with van der Waals surface area (Å²) < 4.78 is 0. The average Bonchev–Trinajstić information content (AvgIpc) is 2.05. The molecule has 0 amide bonds. The third-order valence-electron chi connectivity index (χ3n) is 1.84. The lowest BCUT2D eigenvalue weighted by atomic mass is 10.1. The number of hydrogen-bond donors (Lipinski definition) is 0. The molecule has 0 heterocycles. The first-order chi connectivity index (χ1) is 5.35. The maximum atomic E-state index is 2.28. The molecule has 0 heteroatoms. The van der Waals surface area contributed by atoms with Crippen LogP contribution in [0.2, 0.25) is 0 Å². The molecular weight excluding hydrogens is 132 g/mol. The molecule has 0 aliphatic heterocycles. The van der Waals surface area contributed by atoms with Crippen LogP contribution in [0.5, 0.6) is 0 Å². The first-order valence-electron chi connectivity index (χ1n) is 4.66. The maximum Gasteiger partial charge on any atom is -0.0311 e. The number of rotatable bonds is 5. The van der Waals surface area contributed by atoms with Crippen LogP contribution in [0.4, 0.5) is 0 Å². The van der Waals surface area contributed by atoms with Crippen molar-refractivity contribution in [2.45, 2.75) is 46.5 Å². The largest absolute Gasteiger partial charge is 0.0845 e. The normalized spacial score (nSPS) is 12.8. The molecule has 0 nitrogen and oxygen atoms in total. The second kappa shape index (κ2) is 7.59. The Bertz CT molecular complexity index is 129. The molecule has 0 N–H and O–H groups in total. The van der Waals surface area contributed by atoms with E-state index in [0.717, 1.165) is 6.42 Å². The van der Waals surface area contributed by atoms with E-state index in [1.807, 2.05) is 0 Å². The minimum atomic E-state index is 1.15. The van der Waals surface area contributed by atoms with Gasteiger partial charge in [-0.25, -0.2) is 0 Å². The molecule has 0 saturated carbocycles. The van der Waals surface area contributed by atoms with E-state index in [1.54, 1.807) is 0 Å². The average molecular weight is 152 g/mol. The van der Waals surface area contributed by atoms with Crippen LogP contribution in [0, 0.1) is 0 Å². The zero-order valence-corrected chi connectivity index (χ0v) is 8.06. The Kier molecular flexibility index (Phi) is 7.23. The summed E-state index contributed by atoms with van der Waals surface area (Å²) in [7, 11) is 0. The van der Waals surface area contributed by atoms with E-state index < -0.39 is 0 Å². The van der Waals surface area contributed by atoms with Crippen molar-refractivity contribution < 1.29 is 0 Å². The highest BCUT2D eigenvalue weighted by Gasteiger charge is 1.83. The van der Waals surface area contributed by atoms with E-state index in [0.29, 0.717) is 0 Å². The SMILES string of the molecule is CC=C(C=CCCCC)CC. The Balaban J connectivity index is 3.54. The lowest BCUT2D eigenvalue weighted by Gasteiger charge is -1.93. The number of allylic oxidation sites excluding steroid dienone is 4. The Hall–Kier alpha value is -0.520. The first-order valence-corrected chi connectivity index (χ1v) is 4.66. The zero-order chi connectivity index (χ0) is 8.53. The molecule has 0 fully saturated rings. The summed E-state index contributed by atoms with van der Waals surface area (Å²) in [6, 6.07) is 0. The van der Waals surface area contributed by atoms with E-state index in [9.17, 15) is 0 Å². The summed E-state index contributed by atoms with van der Waals surface area (Å²) in [6.45, 7) is 6.52. The minimum Gasteiger partial charge on any atom is -0.0845 e. The van der Waals surface area contributed by atoms with Crippen LogP contribution in [0.1, 0.15) is 46.5 Å². The van der Waals surface area contributed by atoms with Crippen LogP contribution in [-0.2, 0) is 0 Å². The van der Waals surface area contributed by atoms with Gasteiger partial charge in [-0.2, -0.15) is 0 Å². The molecule has 64 valence electrons. The fourth-order valence-corrected chi connectivity index (χ4v) is 0.975. The van der Waals surface area contributed by atoms with Crippen LogP contribution >= 0.6 is 0 Å². The van der Waals surface area contributed by atoms with Crippen LogP contribution in [0.15, 0.2) is 23.8 Å². The summed E-state index contributed by atoms with van der Waals surface area (Å²) in [5.74, 6) is 0. The fourth-order valence-electron chi connectivity index (χ4n) is 0.975. The Labute approximate surface area is 71.0 Å². The Morgan fingerprint density at radius 2 is 2.00 bits per heavy atom. The lowest BCUT2D eigenvalue weighted by molar-refractivity contribution is 0.814. The van der Waals surface area contributed by atoms with Crippen molar-refractivity contribution in [1.82, 2.24) is 0 Å². The number of unbranched alkanes of at least 4 members (excludes halogenated alkanes) is 2. The molecule has 0 aromatic carbocycles. The molecule has 0 aromatic heterocycles. The molecule has 0 aliphatic carbocycles. The molecule has 0 radical (unpaired) electrons. The van der Waals surface area contributed by atoms with E-state index >= 15 is 0 Å². The van der Waals surface area contributed by atoms with Crippen LogP contribution in [-0.4, -0.2) is 0 Å². The Morgan fingerprint density at radius 3 is 2.45 bits per heavy atom. The zero-order valence-electron chi connectivity index (χ0n) is 8.06. The summed E-state index contributed by atoms with van der Waals surface area (Å²) in [4.78, 5) is 0. The van der Waals surface area contributed by atoms with E-state index in [1.165, 1.54) is 24.8 Å². The van der Waals surface area contributed by atoms with Crippen molar-refractivity contribution in [3.8, 4) is 0 Å². The van der Waals surface area contributed by atoms with Gasteiger partial charge in [-0.15, -0.1) is 0 Å². The summed E-state index contributed by atoms with van der Waals surface area (Å²) >= 11 is 0. The van der Waals surface area contributed by atoms with Crippen LogP contribution < -0.4 is 0 Å². The quantitative estimate of drug-likeness (QED) is 0.411. The third-order valence-corrected chi connectivity index (χ3v) is 1.84. The summed E-state index contributed by atoms with van der Waals surface area (Å²) in [5.41, 5.74) is 1.45. The molecule has 11 heavy (non-hydrogen) atoms. The molecule has 0 bridgehead atoms. The highest BCUT2D eigenvalue weighted by atomic mass is 13.9. The van der Waals surface area contributed by atoms with Crippen LogP contribution in [0.3, 0.4) is 0 Å². The van der Waals surface area contributed by atoms with Gasteiger partial charge in [-0.3, -0.25) is 0 Å². The summed E-state index contributed by atoms with van der Waals surface area (Å²) in [6.07, 6.45) is 11.7. The second-order valence-electron chi connectivity index (χ2n) is 2.76. The molecular formula is C11H20. The van der Waals surface area contributed by atoms with Gasteiger partial charge >= 0.3 is 0 Å². The van der Waals surface area contributed by atoms with Crippen molar-refractivity contribution in [3.63, 3.8) is 0 Å². The predicted molar refractivity (Wildman–Crippen MR) is 52.7 cm³/mol. The molecule has 0 aliphatic rings. The third kappa shape index (κ3) is 5.90. The smallest absolute Gasteiger partial charge is 0.0311 e. The van der Waals surface area contributed by atoms with Gasteiger partial charge in [0.25, 0.3) is 0 Å². The highest BCUT2D eigenvalue weighted by molar-refractivity contribution is 5.16. The van der Waals surface area contributed by atoms with Crippen molar-refractivity contribution in [2.24, 2.45) is 0 Å². The molecule has 0 saturated heterocycles. The minimum absolute atomic E-state index is 1.15. The standard InChI is InChI=1S/C11H20/c1-4-7-8-9-10-11(5-2)6-3/h5,9-10H,4,6-8H2,1-3H3. The molecule has 0 unspecified atom stereocenters. The highest BCUT2D eigenvalue weighted by Crippen LogP contribution is 2.04. The van der Waals surface area contributed by atoms with Gasteiger partial charge in [-0.1, -0.05) is 50.5 Å². The second-order valence-corrected chi connectivity index (χ2v) is 2.76.